The zero-order valence-electron chi connectivity index (χ0n) is 18.3. The highest BCUT2D eigenvalue weighted by atomic mass is 19.4. The van der Waals surface area contributed by atoms with E-state index >= 15 is 0 Å². The predicted molar refractivity (Wildman–Crippen MR) is 113 cm³/mol. The number of carbonyl (C=O) groups is 2. The summed E-state index contributed by atoms with van der Waals surface area (Å²) in [7, 11) is 0. The van der Waals surface area contributed by atoms with E-state index in [-0.39, 0.29) is 12.2 Å². The van der Waals surface area contributed by atoms with Crippen LogP contribution in [-0.4, -0.2) is 46.8 Å². The van der Waals surface area contributed by atoms with Gasteiger partial charge in [-0.2, -0.15) is 0 Å². The lowest BCUT2D eigenvalue weighted by atomic mass is 10.0. The fourth-order valence-electron chi connectivity index (χ4n) is 3.69. The number of pyridine rings is 1. The minimum absolute atomic E-state index is 0.170. The molecule has 7 nitrogen and oxygen atoms in total. The van der Waals surface area contributed by atoms with E-state index in [2.05, 4.69) is 14.6 Å². The molecule has 1 aromatic heterocycles. The van der Waals surface area contributed by atoms with Crippen molar-refractivity contribution in [3.8, 4) is 5.75 Å². The fraction of sp³-hybridized carbons (Fsp3) is 0.409. The first-order valence-corrected chi connectivity index (χ1v) is 10.2. The number of hydrogen-bond donors (Lipinski definition) is 0. The summed E-state index contributed by atoms with van der Waals surface area (Å²) in [6.07, 6.45) is -1.46. The fourth-order valence-corrected chi connectivity index (χ4v) is 3.69. The van der Waals surface area contributed by atoms with Crippen molar-refractivity contribution < 1.29 is 27.5 Å². The number of alkyl halides is 3. The molecule has 1 fully saturated rings. The van der Waals surface area contributed by atoms with Crippen LogP contribution in [0.15, 0.2) is 42.7 Å². The van der Waals surface area contributed by atoms with E-state index in [1.807, 2.05) is 19.9 Å². The number of amides is 3. The predicted octanol–water partition coefficient (Wildman–Crippen LogP) is 4.57. The normalized spacial score (nSPS) is 16.0. The van der Waals surface area contributed by atoms with E-state index in [0.717, 1.165) is 41.4 Å². The molecule has 1 aliphatic heterocycles. The van der Waals surface area contributed by atoms with Crippen molar-refractivity contribution >= 4 is 23.3 Å². The van der Waals surface area contributed by atoms with Crippen LogP contribution in [0.25, 0.3) is 0 Å². The second-order valence-electron chi connectivity index (χ2n) is 7.79. The maximum atomic E-state index is 13.3. The number of urea groups is 1. The van der Waals surface area contributed by atoms with E-state index in [1.54, 1.807) is 26.2 Å². The summed E-state index contributed by atoms with van der Waals surface area (Å²) >= 11 is 0. The third kappa shape index (κ3) is 4.49. The van der Waals surface area contributed by atoms with Gasteiger partial charge in [-0.3, -0.25) is 9.78 Å². The lowest BCUT2D eigenvalue weighted by Crippen LogP contribution is -2.44. The minimum Gasteiger partial charge on any atom is -0.406 e. The van der Waals surface area contributed by atoms with Crippen LogP contribution in [0, 0.1) is 0 Å². The van der Waals surface area contributed by atoms with Gasteiger partial charge in [0.05, 0.1) is 24.1 Å². The molecule has 0 saturated carbocycles. The average Bonchev–Trinajstić information content (AvgIpc) is 2.89. The highest BCUT2D eigenvalue weighted by Crippen LogP contribution is 2.35. The van der Waals surface area contributed by atoms with Gasteiger partial charge in [0.15, 0.2) is 0 Å². The van der Waals surface area contributed by atoms with Crippen molar-refractivity contribution in [3.05, 3.63) is 48.3 Å². The van der Waals surface area contributed by atoms with Gasteiger partial charge in [-0.25, -0.2) is 9.69 Å². The largest absolute Gasteiger partial charge is 0.573 e. The summed E-state index contributed by atoms with van der Waals surface area (Å²) in [6, 6.07) is 5.91. The summed E-state index contributed by atoms with van der Waals surface area (Å²) in [4.78, 5) is 35.1. The number of rotatable bonds is 7. The SMILES string of the molecule is CCN(CC)c1cnccc1CN1C(=O)N(c2ccc(OC(F)(F)F)cc2)C(=O)C1(C)C. The number of hydrogen-bond acceptors (Lipinski definition) is 5. The molecule has 3 amide bonds. The van der Waals surface area contributed by atoms with Crippen molar-refractivity contribution in [2.75, 3.05) is 22.9 Å². The number of halogens is 3. The number of benzene rings is 1. The zero-order chi connectivity index (χ0) is 23.7. The number of aromatic nitrogens is 1. The molecular weight excluding hydrogens is 425 g/mol. The molecule has 0 atom stereocenters. The van der Waals surface area contributed by atoms with Gasteiger partial charge in [0.2, 0.25) is 0 Å². The van der Waals surface area contributed by atoms with Gasteiger partial charge in [0.1, 0.15) is 11.3 Å². The lowest BCUT2D eigenvalue weighted by molar-refractivity contribution is -0.274. The number of ether oxygens (including phenoxy) is 1. The van der Waals surface area contributed by atoms with Crippen LogP contribution in [0.5, 0.6) is 5.75 Å². The molecule has 1 aliphatic rings. The van der Waals surface area contributed by atoms with Gasteiger partial charge in [0.25, 0.3) is 5.91 Å². The zero-order valence-corrected chi connectivity index (χ0v) is 18.3. The molecule has 2 heterocycles. The Labute approximate surface area is 184 Å². The smallest absolute Gasteiger partial charge is 0.406 e. The Morgan fingerprint density at radius 1 is 1.06 bits per heavy atom. The Balaban J connectivity index is 1.90. The highest BCUT2D eigenvalue weighted by Gasteiger charge is 2.52. The molecule has 1 aromatic carbocycles. The van der Waals surface area contributed by atoms with Crippen molar-refractivity contribution in [2.45, 2.75) is 46.1 Å². The number of nitrogens with zero attached hydrogens (tertiary/aromatic N) is 4. The number of anilines is 2. The quantitative estimate of drug-likeness (QED) is 0.578. The van der Waals surface area contributed by atoms with Gasteiger partial charge in [-0.15, -0.1) is 13.2 Å². The standard InChI is InChI=1S/C22H25F3N4O3/c1-5-27(6-2)18-13-26-12-11-15(18)14-28-20(31)29(19(30)21(28,3)4)16-7-9-17(10-8-16)32-22(23,24)25/h7-13H,5-6,14H2,1-4H3. The molecule has 0 aliphatic carbocycles. The molecule has 172 valence electrons. The topological polar surface area (TPSA) is 66.0 Å². The molecule has 0 unspecified atom stereocenters. The summed E-state index contributed by atoms with van der Waals surface area (Å²) in [5.74, 6) is -0.900. The Morgan fingerprint density at radius 2 is 1.69 bits per heavy atom. The van der Waals surface area contributed by atoms with Crippen LogP contribution in [0.1, 0.15) is 33.3 Å². The first-order chi connectivity index (χ1) is 15.0. The van der Waals surface area contributed by atoms with Crippen molar-refractivity contribution in [3.63, 3.8) is 0 Å². The van der Waals surface area contributed by atoms with E-state index in [0.29, 0.717) is 0 Å². The van der Waals surface area contributed by atoms with E-state index in [1.165, 1.54) is 17.0 Å². The summed E-state index contributed by atoms with van der Waals surface area (Å²) in [5, 5.41) is 0. The highest BCUT2D eigenvalue weighted by molar-refractivity contribution is 6.22. The Kier molecular flexibility index (Phi) is 6.34. The van der Waals surface area contributed by atoms with Crippen LogP contribution < -0.4 is 14.5 Å². The number of carbonyl (C=O) groups excluding carboxylic acids is 2. The molecule has 3 rings (SSSR count). The summed E-state index contributed by atoms with van der Waals surface area (Å²) in [5.41, 5.74) is 0.736. The van der Waals surface area contributed by atoms with Gasteiger partial charge < -0.3 is 14.5 Å². The molecule has 0 radical (unpaired) electrons. The van der Waals surface area contributed by atoms with Crippen LogP contribution >= 0.6 is 0 Å². The molecule has 0 bridgehead atoms. The third-order valence-electron chi connectivity index (χ3n) is 5.47. The average molecular weight is 450 g/mol. The lowest BCUT2D eigenvalue weighted by Gasteiger charge is -2.30. The Bertz CT molecular complexity index is 989. The number of imide groups is 1. The van der Waals surface area contributed by atoms with E-state index in [4.69, 9.17) is 0 Å². The first-order valence-electron chi connectivity index (χ1n) is 10.2. The molecular formula is C22H25F3N4O3. The van der Waals surface area contributed by atoms with Crippen LogP contribution in [-0.2, 0) is 11.3 Å². The molecule has 2 aromatic rings. The second-order valence-corrected chi connectivity index (χ2v) is 7.79. The summed E-state index contributed by atoms with van der Waals surface area (Å²) in [6.45, 7) is 9.01. The van der Waals surface area contributed by atoms with Crippen molar-refractivity contribution in [1.82, 2.24) is 9.88 Å². The second kappa shape index (κ2) is 8.68. The van der Waals surface area contributed by atoms with Crippen LogP contribution in [0.3, 0.4) is 0 Å². The van der Waals surface area contributed by atoms with Crippen molar-refractivity contribution in [2.24, 2.45) is 0 Å². The maximum Gasteiger partial charge on any atom is 0.573 e. The molecule has 1 saturated heterocycles. The summed E-state index contributed by atoms with van der Waals surface area (Å²) < 4.78 is 41.1. The van der Waals surface area contributed by atoms with Crippen LogP contribution in [0.4, 0.5) is 29.3 Å². The molecule has 10 heteroatoms. The maximum absolute atomic E-state index is 13.3. The van der Waals surface area contributed by atoms with Gasteiger partial charge in [-0.1, -0.05) is 0 Å². The van der Waals surface area contributed by atoms with E-state index < -0.39 is 29.6 Å². The van der Waals surface area contributed by atoms with Gasteiger partial charge >= 0.3 is 12.4 Å². The third-order valence-corrected chi connectivity index (χ3v) is 5.47. The van der Waals surface area contributed by atoms with Crippen molar-refractivity contribution in [1.29, 1.82) is 0 Å². The van der Waals surface area contributed by atoms with Gasteiger partial charge in [-0.05, 0) is 63.6 Å². The first kappa shape index (κ1) is 23.4. The monoisotopic (exact) mass is 450 g/mol. The van der Waals surface area contributed by atoms with E-state index in [9.17, 15) is 22.8 Å². The van der Waals surface area contributed by atoms with Crippen LogP contribution in [0.2, 0.25) is 0 Å². The molecule has 0 N–H and O–H groups in total. The molecule has 0 spiro atoms. The molecule has 32 heavy (non-hydrogen) atoms. The Morgan fingerprint density at radius 3 is 2.25 bits per heavy atom. The Hall–Kier alpha value is -3.30. The van der Waals surface area contributed by atoms with Gasteiger partial charge in [0, 0.05) is 19.3 Å². The minimum atomic E-state index is -4.83.